The molecule has 3 aromatic rings. The lowest BCUT2D eigenvalue weighted by Gasteiger charge is -2.38. The van der Waals surface area contributed by atoms with E-state index in [-0.39, 0.29) is 18.6 Å². The summed E-state index contributed by atoms with van der Waals surface area (Å²) < 4.78 is 13.1. The Kier molecular flexibility index (Phi) is 5.90. The van der Waals surface area contributed by atoms with Crippen molar-refractivity contribution in [2.45, 2.75) is 26.5 Å². The van der Waals surface area contributed by atoms with Crippen LogP contribution in [0, 0.1) is 13.8 Å². The van der Waals surface area contributed by atoms with Gasteiger partial charge < -0.3 is 14.4 Å². The summed E-state index contributed by atoms with van der Waals surface area (Å²) in [5, 5.41) is 8.98. The zero-order valence-electron chi connectivity index (χ0n) is 16.9. The molecule has 156 valence electrons. The lowest BCUT2D eigenvalue weighted by Crippen LogP contribution is -2.52. The van der Waals surface area contributed by atoms with Gasteiger partial charge in [0, 0.05) is 18.1 Å². The van der Waals surface area contributed by atoms with E-state index in [1.54, 1.807) is 21.7 Å². The topological polar surface area (TPSA) is 69.5 Å². The van der Waals surface area contributed by atoms with Crippen molar-refractivity contribution in [1.82, 2.24) is 19.9 Å². The Morgan fingerprint density at radius 2 is 1.80 bits per heavy atom. The predicted octanol–water partition coefficient (Wildman–Crippen LogP) is 3.59. The van der Waals surface area contributed by atoms with Crippen LogP contribution >= 0.6 is 11.6 Å². The number of amides is 1. The molecule has 4 rings (SSSR count). The third kappa shape index (κ3) is 4.74. The minimum Gasteiger partial charge on any atom is -0.487 e. The fourth-order valence-electron chi connectivity index (χ4n) is 3.11. The molecule has 0 bridgehead atoms. The van der Waals surface area contributed by atoms with Crippen molar-refractivity contribution in [1.29, 1.82) is 0 Å². The number of carbonyl (C=O) groups excluding carboxylic acids is 1. The van der Waals surface area contributed by atoms with Gasteiger partial charge >= 0.3 is 0 Å². The van der Waals surface area contributed by atoms with E-state index in [1.807, 2.05) is 50.4 Å². The average molecular weight is 427 g/mol. The molecular formula is C22H23ClN4O3. The minimum absolute atomic E-state index is 0.0316. The number of carbonyl (C=O) groups is 1. The Bertz CT molecular complexity index is 1030. The van der Waals surface area contributed by atoms with Crippen LogP contribution < -0.4 is 9.47 Å². The number of aromatic nitrogens is 3. The molecule has 0 N–H and O–H groups in total. The minimum atomic E-state index is -0.0316. The van der Waals surface area contributed by atoms with Gasteiger partial charge in [-0.15, -0.1) is 5.10 Å². The second kappa shape index (κ2) is 8.75. The van der Waals surface area contributed by atoms with E-state index in [4.69, 9.17) is 21.1 Å². The van der Waals surface area contributed by atoms with E-state index < -0.39 is 0 Å². The highest BCUT2D eigenvalue weighted by Crippen LogP contribution is 2.22. The molecule has 0 spiro atoms. The van der Waals surface area contributed by atoms with Crippen LogP contribution in [0.25, 0.3) is 0 Å². The van der Waals surface area contributed by atoms with Crippen LogP contribution in [0.15, 0.2) is 48.7 Å². The first-order valence-corrected chi connectivity index (χ1v) is 10.1. The molecule has 1 aliphatic heterocycles. The number of likely N-dealkylation sites (tertiary alicyclic amines) is 1. The van der Waals surface area contributed by atoms with E-state index in [2.05, 4.69) is 10.3 Å². The van der Waals surface area contributed by atoms with Crippen molar-refractivity contribution in [2.75, 3.05) is 19.7 Å². The van der Waals surface area contributed by atoms with Crippen LogP contribution in [0.5, 0.6) is 11.5 Å². The van der Waals surface area contributed by atoms with Crippen LogP contribution in [0.1, 0.15) is 22.9 Å². The summed E-state index contributed by atoms with van der Waals surface area (Å²) in [6.07, 6.45) is 1.86. The number of ether oxygens (including phenoxy) is 2. The zero-order chi connectivity index (χ0) is 21.1. The maximum atomic E-state index is 12.3. The van der Waals surface area contributed by atoms with Crippen LogP contribution in [0.2, 0.25) is 5.02 Å². The monoisotopic (exact) mass is 426 g/mol. The second-order valence-electron chi connectivity index (χ2n) is 7.42. The van der Waals surface area contributed by atoms with Gasteiger partial charge in [-0.05, 0) is 61.4 Å². The van der Waals surface area contributed by atoms with Crippen LogP contribution in [-0.4, -0.2) is 45.5 Å². The molecule has 1 aliphatic rings. The first kappa shape index (κ1) is 20.2. The number of hydrogen-bond donors (Lipinski definition) is 0. The van der Waals surface area contributed by atoms with Gasteiger partial charge in [0.1, 0.15) is 23.8 Å². The van der Waals surface area contributed by atoms with Crippen molar-refractivity contribution in [3.05, 3.63) is 70.5 Å². The molecule has 2 heterocycles. The molecule has 1 amide bonds. The smallest absolute Gasteiger partial charge is 0.260 e. The van der Waals surface area contributed by atoms with Gasteiger partial charge in [0.25, 0.3) is 5.91 Å². The summed E-state index contributed by atoms with van der Waals surface area (Å²) in [6, 6.07) is 13.1. The Morgan fingerprint density at radius 3 is 2.53 bits per heavy atom. The van der Waals surface area contributed by atoms with Gasteiger partial charge in [0.05, 0.1) is 12.2 Å². The third-order valence-electron chi connectivity index (χ3n) is 5.19. The molecule has 0 aliphatic carbocycles. The highest BCUT2D eigenvalue weighted by molar-refractivity contribution is 6.30. The number of aryl methyl sites for hydroxylation is 2. The number of nitrogens with zero attached hydrogens (tertiary/aromatic N) is 4. The van der Waals surface area contributed by atoms with Gasteiger partial charge in [0.15, 0.2) is 6.61 Å². The van der Waals surface area contributed by atoms with Crippen molar-refractivity contribution in [3.8, 4) is 11.5 Å². The molecule has 1 aromatic heterocycles. The third-order valence-corrected chi connectivity index (χ3v) is 5.44. The maximum Gasteiger partial charge on any atom is 0.260 e. The van der Waals surface area contributed by atoms with Gasteiger partial charge in [-0.1, -0.05) is 22.9 Å². The molecule has 0 saturated carbocycles. The van der Waals surface area contributed by atoms with Crippen LogP contribution in [0.4, 0.5) is 0 Å². The number of hydrogen-bond acceptors (Lipinski definition) is 5. The molecule has 0 unspecified atom stereocenters. The summed E-state index contributed by atoms with van der Waals surface area (Å²) in [7, 11) is 0. The molecule has 0 atom stereocenters. The Balaban J connectivity index is 1.22. The fraction of sp³-hybridized carbons (Fsp3) is 0.318. The summed E-state index contributed by atoms with van der Waals surface area (Å²) >= 11 is 5.87. The number of halogens is 1. The SMILES string of the molecule is Cc1ccc(OCC(=O)N2CC(n3cc(COc4ccc(Cl)cc4)nn3)C2)cc1C. The normalized spacial score (nSPS) is 13.8. The Morgan fingerprint density at radius 1 is 1.07 bits per heavy atom. The molecule has 1 fully saturated rings. The highest BCUT2D eigenvalue weighted by Gasteiger charge is 2.32. The number of benzene rings is 2. The molecule has 1 saturated heterocycles. The quantitative estimate of drug-likeness (QED) is 0.577. The summed E-state index contributed by atoms with van der Waals surface area (Å²) in [5.74, 6) is 1.40. The van der Waals surface area contributed by atoms with Crippen LogP contribution in [-0.2, 0) is 11.4 Å². The lowest BCUT2D eigenvalue weighted by molar-refractivity contribution is -0.139. The van der Waals surface area contributed by atoms with Crippen LogP contribution in [0.3, 0.4) is 0 Å². The molecular weight excluding hydrogens is 404 g/mol. The largest absolute Gasteiger partial charge is 0.487 e. The van der Waals surface area contributed by atoms with Crippen molar-refractivity contribution in [3.63, 3.8) is 0 Å². The Hall–Kier alpha value is -3.06. The average Bonchev–Trinajstić information content (AvgIpc) is 3.16. The van der Waals surface area contributed by atoms with E-state index in [9.17, 15) is 4.79 Å². The van der Waals surface area contributed by atoms with Crippen molar-refractivity contribution in [2.24, 2.45) is 0 Å². The molecule has 8 heteroatoms. The molecule has 2 aromatic carbocycles. The van der Waals surface area contributed by atoms with E-state index in [0.29, 0.717) is 30.5 Å². The summed E-state index contributed by atoms with van der Waals surface area (Å²) in [6.45, 7) is 5.61. The maximum absolute atomic E-state index is 12.3. The Labute approximate surface area is 180 Å². The second-order valence-corrected chi connectivity index (χ2v) is 7.86. The first-order valence-electron chi connectivity index (χ1n) is 9.75. The van der Waals surface area contributed by atoms with Gasteiger partial charge in [-0.2, -0.15) is 0 Å². The summed E-state index contributed by atoms with van der Waals surface area (Å²) in [5.41, 5.74) is 3.07. The van der Waals surface area contributed by atoms with E-state index in [0.717, 1.165) is 17.0 Å². The van der Waals surface area contributed by atoms with Gasteiger partial charge in [-0.25, -0.2) is 4.68 Å². The van der Waals surface area contributed by atoms with Gasteiger partial charge in [0.2, 0.25) is 0 Å². The zero-order valence-corrected chi connectivity index (χ0v) is 17.7. The lowest BCUT2D eigenvalue weighted by atomic mass is 10.1. The van der Waals surface area contributed by atoms with E-state index >= 15 is 0 Å². The molecule has 0 radical (unpaired) electrons. The predicted molar refractivity (Wildman–Crippen MR) is 113 cm³/mol. The molecule has 30 heavy (non-hydrogen) atoms. The molecule has 7 nitrogen and oxygen atoms in total. The fourth-order valence-corrected chi connectivity index (χ4v) is 3.24. The number of rotatable bonds is 7. The van der Waals surface area contributed by atoms with Crippen molar-refractivity contribution < 1.29 is 14.3 Å². The summed E-state index contributed by atoms with van der Waals surface area (Å²) in [4.78, 5) is 14.1. The van der Waals surface area contributed by atoms with Crippen molar-refractivity contribution >= 4 is 17.5 Å². The van der Waals surface area contributed by atoms with Gasteiger partial charge in [-0.3, -0.25) is 4.79 Å². The van der Waals surface area contributed by atoms with E-state index in [1.165, 1.54) is 5.56 Å². The standard InChI is InChI=1S/C22H23ClN4O3/c1-15-3-6-21(9-16(15)2)30-14-22(28)26-11-19(12-26)27-10-18(24-25-27)13-29-20-7-4-17(23)5-8-20/h3-10,19H,11-14H2,1-2H3. The highest BCUT2D eigenvalue weighted by atomic mass is 35.5. The first-order chi connectivity index (χ1) is 14.5.